The Hall–Kier alpha value is -3.68. The summed E-state index contributed by atoms with van der Waals surface area (Å²) in [5, 5.41) is 23.7. The molecule has 1 aliphatic rings. The Morgan fingerprint density at radius 1 is 1.39 bits per heavy atom. The van der Waals surface area contributed by atoms with Gasteiger partial charge in [0.2, 0.25) is 5.78 Å². The number of imidazole rings is 2. The average molecular weight is 454 g/mol. The molecule has 33 heavy (non-hydrogen) atoms. The summed E-state index contributed by atoms with van der Waals surface area (Å²) in [6.07, 6.45) is 4.73. The van der Waals surface area contributed by atoms with Crippen molar-refractivity contribution < 1.29 is 14.9 Å². The Morgan fingerprint density at radius 2 is 2.24 bits per heavy atom. The lowest BCUT2D eigenvalue weighted by Gasteiger charge is -2.22. The third-order valence-corrected chi connectivity index (χ3v) is 6.01. The van der Waals surface area contributed by atoms with Gasteiger partial charge in [-0.2, -0.15) is 0 Å². The van der Waals surface area contributed by atoms with E-state index >= 15 is 0 Å². The van der Waals surface area contributed by atoms with Gasteiger partial charge in [0.05, 0.1) is 42.3 Å². The van der Waals surface area contributed by atoms with Gasteiger partial charge < -0.3 is 19.9 Å². The second-order valence-corrected chi connectivity index (χ2v) is 7.96. The summed E-state index contributed by atoms with van der Waals surface area (Å²) < 4.78 is 8.73. The van der Waals surface area contributed by atoms with Crippen molar-refractivity contribution in [2.75, 3.05) is 13.7 Å². The number of aliphatic hydroxyl groups excluding tert-OH is 2. The molecule has 0 aliphatic carbocycles. The minimum absolute atomic E-state index is 0.173. The lowest BCUT2D eigenvalue weighted by atomic mass is 10.0. The van der Waals surface area contributed by atoms with E-state index in [9.17, 15) is 19.9 Å². The SMILES string of the molecule is CN(N=O)C(Cc1cnc2[nH]c3c(ncn3[C@H]3C[C@@H](O)[C@@H](CO)O3)c(=O)n12)c1cccnc1. The van der Waals surface area contributed by atoms with E-state index in [-0.39, 0.29) is 30.5 Å². The minimum atomic E-state index is -0.821. The Balaban J connectivity index is 1.55. The second kappa shape index (κ2) is 8.35. The first-order valence-corrected chi connectivity index (χ1v) is 10.4. The number of aromatic amines is 1. The summed E-state index contributed by atoms with van der Waals surface area (Å²) >= 11 is 0. The highest BCUT2D eigenvalue weighted by Gasteiger charge is 2.35. The standard InChI is InChI=1S/C20H22N8O5/c1-26(25-32)13(11-3-2-4-21-7-11)5-12-8-22-20-24-18-17(19(31)28(12)20)23-10-27(18)16-6-14(30)15(9-29)33-16/h2-4,7-8,10,13-16,29-30H,5-6,9H2,1H3,(H,22,24)/t13?,14-,15-,16-/m1/s1. The van der Waals surface area contributed by atoms with Crippen LogP contribution in [-0.4, -0.2) is 70.0 Å². The first-order valence-electron chi connectivity index (χ1n) is 10.4. The Labute approximate surface area is 186 Å². The van der Waals surface area contributed by atoms with E-state index in [2.05, 4.69) is 25.2 Å². The van der Waals surface area contributed by atoms with Crippen LogP contribution in [0.3, 0.4) is 0 Å². The number of likely N-dealkylation sites (N-methyl/N-ethyl adjacent to an activating group) is 1. The summed E-state index contributed by atoms with van der Waals surface area (Å²) in [7, 11) is 1.56. The van der Waals surface area contributed by atoms with E-state index in [0.29, 0.717) is 17.1 Å². The number of nitrogens with one attached hydrogen (secondary N) is 1. The van der Waals surface area contributed by atoms with Crippen molar-refractivity contribution in [3.05, 3.63) is 63.6 Å². The van der Waals surface area contributed by atoms with Crippen LogP contribution in [0.15, 0.2) is 47.1 Å². The number of H-pyrrole nitrogens is 1. The van der Waals surface area contributed by atoms with Gasteiger partial charge in [-0.1, -0.05) is 6.07 Å². The maximum absolute atomic E-state index is 13.3. The average Bonchev–Trinajstić information content (AvgIpc) is 3.54. The lowest BCUT2D eigenvalue weighted by Crippen LogP contribution is -2.24. The normalized spacial score (nSPS) is 21.6. The molecule has 0 bridgehead atoms. The van der Waals surface area contributed by atoms with Crippen LogP contribution in [0.2, 0.25) is 0 Å². The number of hydrogen-bond acceptors (Lipinski definition) is 9. The van der Waals surface area contributed by atoms with Gasteiger partial charge in [-0.05, 0) is 11.6 Å². The summed E-state index contributed by atoms with van der Waals surface area (Å²) in [5.74, 6) is 0.299. The molecule has 0 spiro atoms. The van der Waals surface area contributed by atoms with Crippen LogP contribution < -0.4 is 5.56 Å². The zero-order chi connectivity index (χ0) is 23.1. The molecule has 1 fully saturated rings. The van der Waals surface area contributed by atoms with Gasteiger partial charge in [0.15, 0.2) is 5.52 Å². The summed E-state index contributed by atoms with van der Waals surface area (Å²) in [5.41, 5.74) is 1.53. The van der Waals surface area contributed by atoms with Gasteiger partial charge in [0, 0.05) is 32.3 Å². The second-order valence-electron chi connectivity index (χ2n) is 7.96. The number of hydrogen-bond donors (Lipinski definition) is 3. The zero-order valence-electron chi connectivity index (χ0n) is 17.6. The fourth-order valence-electron chi connectivity index (χ4n) is 4.26. The quantitative estimate of drug-likeness (QED) is 0.263. The first-order chi connectivity index (χ1) is 16.0. The van der Waals surface area contributed by atoms with E-state index in [0.717, 1.165) is 5.56 Å². The Morgan fingerprint density at radius 3 is 2.94 bits per heavy atom. The molecule has 0 radical (unpaired) electrons. The zero-order valence-corrected chi connectivity index (χ0v) is 17.6. The number of fused-ring (bicyclic) bond motifs is 2. The fraction of sp³-hybridized carbons (Fsp3) is 0.400. The number of ether oxygens (including phenoxy) is 1. The van der Waals surface area contributed by atoms with Crippen LogP contribution in [0.4, 0.5) is 0 Å². The molecular weight excluding hydrogens is 432 g/mol. The van der Waals surface area contributed by atoms with E-state index in [1.54, 1.807) is 36.3 Å². The van der Waals surface area contributed by atoms with Gasteiger partial charge in [0.25, 0.3) is 5.56 Å². The van der Waals surface area contributed by atoms with Crippen molar-refractivity contribution in [1.29, 1.82) is 0 Å². The van der Waals surface area contributed by atoms with Gasteiger partial charge in [-0.3, -0.25) is 19.4 Å². The minimum Gasteiger partial charge on any atom is -0.394 e. The third kappa shape index (κ3) is 3.55. The Bertz CT molecular complexity index is 1350. The lowest BCUT2D eigenvalue weighted by molar-refractivity contribution is -0.0432. The number of aliphatic hydroxyl groups is 2. The van der Waals surface area contributed by atoms with E-state index in [1.807, 2.05) is 6.07 Å². The highest BCUT2D eigenvalue weighted by Crippen LogP contribution is 2.30. The number of rotatable bonds is 7. The predicted octanol–water partition coefficient (Wildman–Crippen LogP) is 0.305. The fourth-order valence-corrected chi connectivity index (χ4v) is 4.26. The van der Waals surface area contributed by atoms with Gasteiger partial charge in [-0.25, -0.2) is 14.4 Å². The summed E-state index contributed by atoms with van der Waals surface area (Å²) in [6, 6.07) is 3.15. The molecule has 4 aromatic rings. The van der Waals surface area contributed by atoms with E-state index in [1.165, 1.54) is 15.7 Å². The van der Waals surface area contributed by atoms with Gasteiger partial charge in [0.1, 0.15) is 18.0 Å². The Kier molecular flexibility index (Phi) is 5.36. The van der Waals surface area contributed by atoms with Crippen molar-refractivity contribution in [2.45, 2.75) is 37.3 Å². The molecule has 1 unspecified atom stereocenters. The molecule has 5 heterocycles. The highest BCUT2D eigenvalue weighted by molar-refractivity contribution is 5.72. The molecule has 4 atom stereocenters. The van der Waals surface area contributed by atoms with Crippen LogP contribution in [0.1, 0.15) is 29.9 Å². The van der Waals surface area contributed by atoms with E-state index in [4.69, 9.17) is 4.74 Å². The van der Waals surface area contributed by atoms with Crippen LogP contribution >= 0.6 is 0 Å². The predicted molar refractivity (Wildman–Crippen MR) is 115 cm³/mol. The first kappa shape index (κ1) is 21.2. The van der Waals surface area contributed by atoms with Crippen molar-refractivity contribution in [3.63, 3.8) is 0 Å². The summed E-state index contributed by atoms with van der Waals surface area (Å²) in [6.45, 7) is -0.309. The molecule has 4 aromatic heterocycles. The monoisotopic (exact) mass is 454 g/mol. The van der Waals surface area contributed by atoms with Crippen LogP contribution in [0.5, 0.6) is 0 Å². The molecule has 1 aliphatic heterocycles. The smallest absolute Gasteiger partial charge is 0.287 e. The molecule has 0 amide bonds. The summed E-state index contributed by atoms with van der Waals surface area (Å²) in [4.78, 5) is 40.4. The molecular formula is C20H22N8O5. The van der Waals surface area contributed by atoms with Crippen LogP contribution in [0, 0.1) is 4.91 Å². The topological polar surface area (TPSA) is 163 Å². The van der Waals surface area contributed by atoms with Crippen molar-refractivity contribution in [3.8, 4) is 0 Å². The maximum Gasteiger partial charge on any atom is 0.287 e. The molecule has 3 N–H and O–H groups in total. The molecule has 5 rings (SSSR count). The van der Waals surface area contributed by atoms with Crippen molar-refractivity contribution >= 4 is 16.9 Å². The van der Waals surface area contributed by atoms with Crippen LogP contribution in [0.25, 0.3) is 16.9 Å². The molecule has 1 saturated heterocycles. The van der Waals surface area contributed by atoms with Gasteiger partial charge >= 0.3 is 0 Å². The third-order valence-electron chi connectivity index (χ3n) is 6.01. The molecule has 13 heteroatoms. The van der Waals surface area contributed by atoms with E-state index < -0.39 is 24.5 Å². The molecule has 0 saturated carbocycles. The number of pyridine rings is 1. The number of nitroso groups, excluding NO2 is 1. The van der Waals surface area contributed by atoms with Gasteiger partial charge in [-0.15, -0.1) is 4.91 Å². The molecule has 172 valence electrons. The van der Waals surface area contributed by atoms with Crippen LogP contribution in [-0.2, 0) is 11.2 Å². The number of aromatic nitrogens is 6. The van der Waals surface area contributed by atoms with Crippen molar-refractivity contribution in [1.82, 2.24) is 33.9 Å². The number of nitrogens with zero attached hydrogens (tertiary/aromatic N) is 7. The molecule has 13 nitrogen and oxygen atoms in total. The molecule has 0 aromatic carbocycles. The van der Waals surface area contributed by atoms with Crippen molar-refractivity contribution in [2.24, 2.45) is 5.29 Å². The maximum atomic E-state index is 13.3. The largest absolute Gasteiger partial charge is 0.394 e. The highest BCUT2D eigenvalue weighted by atomic mass is 16.5.